The SMILES string of the molecule is CCOc1ccc(Cc2cc([C@H]3[C@H](OCOC)[C@@H](OCOC)[C@H](OCOC)[C@@H](COCOC)C3(F)F)ccc2Cl)cc1. The number of methoxy groups -OCH3 is 4. The quantitative estimate of drug-likeness (QED) is 0.164. The van der Waals surface area contributed by atoms with Gasteiger partial charge in [0.1, 0.15) is 51.2 Å². The Labute approximate surface area is 251 Å². The zero-order chi connectivity index (χ0) is 30.5. The van der Waals surface area contributed by atoms with Crippen LogP contribution in [0.5, 0.6) is 5.75 Å². The van der Waals surface area contributed by atoms with Crippen LogP contribution in [0.1, 0.15) is 29.5 Å². The average Bonchev–Trinajstić information content (AvgIpc) is 2.97. The molecule has 2 aromatic rings. The molecule has 0 aliphatic heterocycles. The molecule has 1 saturated carbocycles. The molecule has 0 radical (unpaired) electrons. The minimum absolute atomic E-state index is 0.172. The molecule has 0 aromatic heterocycles. The van der Waals surface area contributed by atoms with E-state index in [9.17, 15) is 0 Å². The highest BCUT2D eigenvalue weighted by Gasteiger charge is 2.63. The van der Waals surface area contributed by atoms with Gasteiger partial charge in [-0.3, -0.25) is 0 Å². The summed E-state index contributed by atoms with van der Waals surface area (Å²) in [4.78, 5) is 0. The molecule has 2 aromatic carbocycles. The Balaban J connectivity index is 2.07. The molecule has 0 unspecified atom stereocenters. The van der Waals surface area contributed by atoms with Crippen molar-refractivity contribution >= 4 is 11.6 Å². The zero-order valence-electron chi connectivity index (χ0n) is 24.7. The maximum Gasteiger partial charge on any atom is 0.265 e. The second kappa shape index (κ2) is 17.4. The summed E-state index contributed by atoms with van der Waals surface area (Å²) in [5.41, 5.74) is 1.94. The third-order valence-electron chi connectivity index (χ3n) is 6.97. The van der Waals surface area contributed by atoms with Gasteiger partial charge >= 0.3 is 0 Å². The molecule has 42 heavy (non-hydrogen) atoms. The first-order valence-electron chi connectivity index (χ1n) is 13.6. The van der Waals surface area contributed by atoms with Crippen molar-refractivity contribution in [3.63, 3.8) is 0 Å². The number of hydrogen-bond acceptors (Lipinski definition) is 9. The molecule has 3 rings (SSSR count). The molecule has 0 heterocycles. The highest BCUT2D eigenvalue weighted by Crippen LogP contribution is 2.51. The first-order chi connectivity index (χ1) is 20.3. The summed E-state index contributed by atoms with van der Waals surface area (Å²) in [5, 5.41) is 0.453. The molecule has 0 bridgehead atoms. The second-order valence-corrected chi connectivity index (χ2v) is 10.2. The lowest BCUT2D eigenvalue weighted by Crippen LogP contribution is -2.64. The van der Waals surface area contributed by atoms with Gasteiger partial charge in [0.15, 0.2) is 0 Å². The summed E-state index contributed by atoms with van der Waals surface area (Å²) in [7, 11) is 5.68. The number of rotatable bonds is 18. The fourth-order valence-electron chi connectivity index (χ4n) is 5.20. The largest absolute Gasteiger partial charge is 0.494 e. The summed E-state index contributed by atoms with van der Waals surface area (Å²) in [5.74, 6) is -5.59. The summed E-state index contributed by atoms with van der Waals surface area (Å²) < 4.78 is 82.6. The van der Waals surface area contributed by atoms with Gasteiger partial charge in [-0.15, -0.1) is 0 Å². The maximum atomic E-state index is 16.8. The van der Waals surface area contributed by atoms with E-state index in [1.165, 1.54) is 28.4 Å². The topological polar surface area (TPSA) is 83.1 Å². The van der Waals surface area contributed by atoms with E-state index in [1.807, 2.05) is 31.2 Å². The van der Waals surface area contributed by atoms with Crippen LogP contribution < -0.4 is 4.74 Å². The minimum atomic E-state index is -3.40. The van der Waals surface area contributed by atoms with Gasteiger partial charge in [-0.05, 0) is 48.2 Å². The fourth-order valence-corrected chi connectivity index (χ4v) is 5.38. The molecular formula is C30H41ClF2O9. The van der Waals surface area contributed by atoms with Crippen molar-refractivity contribution in [3.8, 4) is 5.75 Å². The van der Waals surface area contributed by atoms with Gasteiger partial charge in [-0.1, -0.05) is 35.9 Å². The standard InChI is InChI=1S/C30H41ClF2O9/c1-6-39-23-10-7-20(8-11-23)13-22-14-21(9-12-25(22)31)26-28(41-18-36-4)29(42-19-37-5)27(40-17-35-3)24(30(26,32)33)15-38-16-34-2/h7-12,14,24,26-29H,6,13,15-19H2,1-5H3/t24-,26+,27-,28+,29+/m1/s1. The van der Waals surface area contributed by atoms with Crippen molar-refractivity contribution in [3.05, 3.63) is 64.2 Å². The van der Waals surface area contributed by atoms with E-state index in [4.69, 9.17) is 54.2 Å². The van der Waals surface area contributed by atoms with Crippen LogP contribution in [0, 0.1) is 5.92 Å². The molecule has 0 amide bonds. The molecule has 5 atom stereocenters. The summed E-state index contributed by atoms with van der Waals surface area (Å²) in [6.45, 7) is 1.24. The van der Waals surface area contributed by atoms with E-state index in [0.29, 0.717) is 29.2 Å². The van der Waals surface area contributed by atoms with E-state index in [1.54, 1.807) is 18.2 Å². The van der Waals surface area contributed by atoms with Gasteiger partial charge in [0, 0.05) is 33.5 Å². The van der Waals surface area contributed by atoms with Crippen molar-refractivity contribution in [2.24, 2.45) is 5.92 Å². The molecule has 1 aliphatic carbocycles. The molecule has 1 aliphatic rings. The lowest BCUT2D eigenvalue weighted by Gasteiger charge is -2.50. The van der Waals surface area contributed by atoms with Crippen LogP contribution in [0.15, 0.2) is 42.5 Å². The van der Waals surface area contributed by atoms with E-state index in [2.05, 4.69) is 0 Å². The van der Waals surface area contributed by atoms with Crippen LogP contribution >= 0.6 is 11.6 Å². The van der Waals surface area contributed by atoms with Crippen LogP contribution in [0.2, 0.25) is 5.02 Å². The molecule has 236 valence electrons. The van der Waals surface area contributed by atoms with Gasteiger partial charge in [-0.25, -0.2) is 8.78 Å². The Bertz CT molecular complexity index is 1060. The van der Waals surface area contributed by atoms with Gasteiger partial charge in [0.05, 0.1) is 25.0 Å². The van der Waals surface area contributed by atoms with E-state index in [0.717, 1.165) is 11.3 Å². The van der Waals surface area contributed by atoms with Gasteiger partial charge < -0.3 is 42.6 Å². The zero-order valence-corrected chi connectivity index (χ0v) is 25.4. The molecular weight excluding hydrogens is 578 g/mol. The van der Waals surface area contributed by atoms with Gasteiger partial charge in [0.2, 0.25) is 0 Å². The fraction of sp³-hybridized carbons (Fsp3) is 0.600. The average molecular weight is 619 g/mol. The Hall–Kier alpha value is -1.93. The van der Waals surface area contributed by atoms with Crippen LogP contribution in [0.3, 0.4) is 0 Å². The lowest BCUT2D eigenvalue weighted by molar-refractivity contribution is -0.295. The number of halogens is 3. The Morgan fingerprint density at radius 3 is 1.95 bits per heavy atom. The van der Waals surface area contributed by atoms with Crippen molar-refractivity contribution in [2.75, 3.05) is 68.8 Å². The van der Waals surface area contributed by atoms with Crippen molar-refractivity contribution in [1.82, 2.24) is 0 Å². The van der Waals surface area contributed by atoms with Crippen molar-refractivity contribution < 1.29 is 51.4 Å². The van der Waals surface area contributed by atoms with Crippen LogP contribution in [0.4, 0.5) is 8.78 Å². The number of hydrogen-bond donors (Lipinski definition) is 0. The Kier molecular flexibility index (Phi) is 14.3. The van der Waals surface area contributed by atoms with Crippen LogP contribution in [0.25, 0.3) is 0 Å². The van der Waals surface area contributed by atoms with E-state index >= 15 is 8.78 Å². The van der Waals surface area contributed by atoms with E-state index in [-0.39, 0.29) is 33.8 Å². The van der Waals surface area contributed by atoms with Crippen LogP contribution in [-0.2, 0) is 44.3 Å². The number of ether oxygens (including phenoxy) is 9. The molecule has 1 fully saturated rings. The smallest absolute Gasteiger partial charge is 0.265 e. The molecule has 0 N–H and O–H groups in total. The predicted molar refractivity (Wildman–Crippen MR) is 151 cm³/mol. The third kappa shape index (κ3) is 8.81. The first kappa shape index (κ1) is 34.6. The second-order valence-electron chi connectivity index (χ2n) is 9.75. The summed E-state index contributed by atoms with van der Waals surface area (Å²) >= 11 is 6.58. The summed E-state index contributed by atoms with van der Waals surface area (Å²) in [6.07, 6.45) is -2.96. The van der Waals surface area contributed by atoms with Gasteiger partial charge in [-0.2, -0.15) is 0 Å². The highest BCUT2D eigenvalue weighted by molar-refractivity contribution is 6.31. The van der Waals surface area contributed by atoms with Crippen molar-refractivity contribution in [2.45, 2.75) is 43.5 Å². The predicted octanol–water partition coefficient (Wildman–Crippen LogP) is 5.27. The molecule has 9 nitrogen and oxygen atoms in total. The highest BCUT2D eigenvalue weighted by atomic mass is 35.5. The van der Waals surface area contributed by atoms with Gasteiger partial charge in [0.25, 0.3) is 5.92 Å². The Morgan fingerprint density at radius 2 is 1.36 bits per heavy atom. The number of benzene rings is 2. The normalized spacial score (nSPS) is 23.7. The monoisotopic (exact) mass is 618 g/mol. The molecule has 12 heteroatoms. The molecule has 0 spiro atoms. The molecule has 0 saturated heterocycles. The maximum absolute atomic E-state index is 16.8. The first-order valence-corrected chi connectivity index (χ1v) is 14.0. The lowest BCUT2D eigenvalue weighted by atomic mass is 9.69. The van der Waals surface area contributed by atoms with Crippen molar-refractivity contribution in [1.29, 1.82) is 0 Å². The Morgan fingerprint density at radius 1 is 0.762 bits per heavy atom. The van der Waals surface area contributed by atoms with Crippen LogP contribution in [-0.4, -0.2) is 93.1 Å². The third-order valence-corrected chi connectivity index (χ3v) is 7.34. The van der Waals surface area contributed by atoms with E-state index < -0.39 is 36.1 Å². The minimum Gasteiger partial charge on any atom is -0.494 e. The summed E-state index contributed by atoms with van der Waals surface area (Å²) in [6, 6.07) is 12.5. The number of alkyl halides is 2.